The molecule has 0 aromatic heterocycles. The number of benzene rings is 1. The van der Waals surface area contributed by atoms with Crippen molar-refractivity contribution in [2.75, 3.05) is 13.2 Å². The Balaban J connectivity index is 2.76. The molecule has 18 heavy (non-hydrogen) atoms. The number of hydrogen-bond acceptors (Lipinski definition) is 2. The molecule has 0 aliphatic carbocycles. The summed E-state index contributed by atoms with van der Waals surface area (Å²) in [6.07, 6.45) is 4.47. The quantitative estimate of drug-likeness (QED) is 0.625. The molecular formula is C16H26O2. The van der Waals surface area contributed by atoms with E-state index in [0.29, 0.717) is 0 Å². The van der Waals surface area contributed by atoms with Gasteiger partial charge in [-0.1, -0.05) is 32.8 Å². The minimum atomic E-state index is 0.767. The molecule has 1 aromatic carbocycles. The Hall–Kier alpha value is -1.18. The first-order chi connectivity index (χ1) is 8.70. The van der Waals surface area contributed by atoms with E-state index in [9.17, 15) is 0 Å². The van der Waals surface area contributed by atoms with Gasteiger partial charge in [-0.2, -0.15) is 0 Å². The van der Waals surface area contributed by atoms with Crippen molar-refractivity contribution in [1.29, 1.82) is 0 Å². The van der Waals surface area contributed by atoms with Crippen LogP contribution in [-0.4, -0.2) is 13.2 Å². The minimum Gasteiger partial charge on any atom is -0.490 e. The van der Waals surface area contributed by atoms with Crippen molar-refractivity contribution < 1.29 is 9.47 Å². The van der Waals surface area contributed by atoms with Crippen LogP contribution in [0.25, 0.3) is 0 Å². The smallest absolute Gasteiger partial charge is 0.164 e. The Morgan fingerprint density at radius 2 is 1.50 bits per heavy atom. The van der Waals surface area contributed by atoms with Gasteiger partial charge in [-0.3, -0.25) is 0 Å². The summed E-state index contributed by atoms with van der Waals surface area (Å²) in [5, 5.41) is 0. The largest absolute Gasteiger partial charge is 0.490 e. The molecule has 0 radical (unpaired) electrons. The third-order valence-corrected chi connectivity index (χ3v) is 3.14. The Labute approximate surface area is 111 Å². The van der Waals surface area contributed by atoms with Gasteiger partial charge in [0, 0.05) is 0 Å². The molecule has 0 amide bonds. The fourth-order valence-electron chi connectivity index (χ4n) is 1.70. The highest BCUT2D eigenvalue weighted by atomic mass is 16.5. The van der Waals surface area contributed by atoms with E-state index in [1.54, 1.807) is 0 Å². The Morgan fingerprint density at radius 1 is 0.889 bits per heavy atom. The highest BCUT2D eigenvalue weighted by Crippen LogP contribution is 2.33. The fourth-order valence-corrected chi connectivity index (χ4v) is 1.70. The maximum atomic E-state index is 5.89. The Morgan fingerprint density at radius 3 is 2.11 bits per heavy atom. The van der Waals surface area contributed by atoms with Gasteiger partial charge in [-0.25, -0.2) is 0 Å². The van der Waals surface area contributed by atoms with E-state index >= 15 is 0 Å². The SMILES string of the molecule is CCCCOc1ccc(C)c(C)c1OCCCC. The van der Waals surface area contributed by atoms with E-state index in [1.165, 1.54) is 11.1 Å². The Kier molecular flexibility index (Phi) is 6.63. The van der Waals surface area contributed by atoms with Gasteiger partial charge in [0.1, 0.15) is 0 Å². The third-order valence-electron chi connectivity index (χ3n) is 3.14. The summed E-state index contributed by atoms with van der Waals surface area (Å²) >= 11 is 0. The van der Waals surface area contributed by atoms with Gasteiger partial charge >= 0.3 is 0 Å². The van der Waals surface area contributed by atoms with Gasteiger partial charge in [-0.15, -0.1) is 0 Å². The molecule has 0 heterocycles. The van der Waals surface area contributed by atoms with Gasteiger partial charge in [0.25, 0.3) is 0 Å². The van der Waals surface area contributed by atoms with Crippen LogP contribution >= 0.6 is 0 Å². The van der Waals surface area contributed by atoms with Crippen molar-refractivity contribution in [2.45, 2.75) is 53.4 Å². The summed E-state index contributed by atoms with van der Waals surface area (Å²) in [6.45, 7) is 10.1. The molecular weight excluding hydrogens is 224 g/mol. The van der Waals surface area contributed by atoms with Crippen molar-refractivity contribution in [3.8, 4) is 11.5 Å². The van der Waals surface area contributed by atoms with Gasteiger partial charge in [0.15, 0.2) is 11.5 Å². The lowest BCUT2D eigenvalue weighted by atomic mass is 10.1. The number of rotatable bonds is 8. The van der Waals surface area contributed by atoms with Crippen molar-refractivity contribution in [3.05, 3.63) is 23.3 Å². The fraction of sp³-hybridized carbons (Fsp3) is 0.625. The van der Waals surface area contributed by atoms with E-state index in [0.717, 1.165) is 50.4 Å². The van der Waals surface area contributed by atoms with Gasteiger partial charge in [0.05, 0.1) is 13.2 Å². The summed E-state index contributed by atoms with van der Waals surface area (Å²) < 4.78 is 11.7. The number of ether oxygens (including phenoxy) is 2. The molecule has 0 N–H and O–H groups in total. The lowest BCUT2D eigenvalue weighted by Crippen LogP contribution is -2.04. The molecule has 2 nitrogen and oxygen atoms in total. The van der Waals surface area contributed by atoms with Crippen LogP contribution in [0, 0.1) is 13.8 Å². The van der Waals surface area contributed by atoms with E-state index in [-0.39, 0.29) is 0 Å². The lowest BCUT2D eigenvalue weighted by molar-refractivity contribution is 0.260. The van der Waals surface area contributed by atoms with E-state index in [1.807, 2.05) is 6.07 Å². The summed E-state index contributed by atoms with van der Waals surface area (Å²) in [5.74, 6) is 1.82. The highest BCUT2D eigenvalue weighted by Gasteiger charge is 2.10. The second kappa shape index (κ2) is 8.02. The first-order valence-electron chi connectivity index (χ1n) is 7.06. The number of aryl methyl sites for hydroxylation is 1. The molecule has 1 rings (SSSR count). The van der Waals surface area contributed by atoms with Crippen LogP contribution in [0.1, 0.15) is 50.7 Å². The molecule has 0 bridgehead atoms. The summed E-state index contributed by atoms with van der Waals surface area (Å²) in [4.78, 5) is 0. The van der Waals surface area contributed by atoms with Gasteiger partial charge < -0.3 is 9.47 Å². The van der Waals surface area contributed by atoms with Gasteiger partial charge in [-0.05, 0) is 43.9 Å². The van der Waals surface area contributed by atoms with Crippen LogP contribution < -0.4 is 9.47 Å². The zero-order chi connectivity index (χ0) is 13.4. The molecule has 0 saturated heterocycles. The van der Waals surface area contributed by atoms with Crippen LogP contribution in [0.4, 0.5) is 0 Å². The summed E-state index contributed by atoms with van der Waals surface area (Å²) in [7, 11) is 0. The second-order valence-electron chi connectivity index (χ2n) is 4.74. The molecule has 0 fully saturated rings. The molecule has 2 heteroatoms. The summed E-state index contributed by atoms with van der Waals surface area (Å²) in [6, 6.07) is 4.13. The Bertz CT molecular complexity index is 358. The van der Waals surface area contributed by atoms with Crippen LogP contribution in [0.15, 0.2) is 12.1 Å². The standard InChI is InChI=1S/C16H26O2/c1-5-7-11-17-15-10-9-13(3)14(4)16(15)18-12-8-6-2/h9-10H,5-8,11-12H2,1-4H3. The average molecular weight is 250 g/mol. The molecule has 0 aliphatic rings. The van der Waals surface area contributed by atoms with Crippen LogP contribution in [-0.2, 0) is 0 Å². The van der Waals surface area contributed by atoms with Gasteiger partial charge in [0.2, 0.25) is 0 Å². The minimum absolute atomic E-state index is 0.767. The van der Waals surface area contributed by atoms with Crippen molar-refractivity contribution in [2.24, 2.45) is 0 Å². The summed E-state index contributed by atoms with van der Waals surface area (Å²) in [5.41, 5.74) is 2.45. The van der Waals surface area contributed by atoms with Crippen molar-refractivity contribution >= 4 is 0 Å². The molecule has 0 saturated carbocycles. The average Bonchev–Trinajstić information content (AvgIpc) is 2.37. The predicted molar refractivity (Wildman–Crippen MR) is 76.7 cm³/mol. The zero-order valence-corrected chi connectivity index (χ0v) is 12.2. The maximum Gasteiger partial charge on any atom is 0.164 e. The third kappa shape index (κ3) is 4.25. The second-order valence-corrected chi connectivity index (χ2v) is 4.74. The van der Waals surface area contributed by atoms with Crippen LogP contribution in [0.2, 0.25) is 0 Å². The van der Waals surface area contributed by atoms with E-state index in [4.69, 9.17) is 9.47 Å². The first-order valence-corrected chi connectivity index (χ1v) is 7.06. The molecule has 1 aromatic rings. The van der Waals surface area contributed by atoms with Crippen LogP contribution in [0.3, 0.4) is 0 Å². The molecule has 102 valence electrons. The topological polar surface area (TPSA) is 18.5 Å². The lowest BCUT2D eigenvalue weighted by Gasteiger charge is -2.16. The molecule has 0 unspecified atom stereocenters. The molecule has 0 atom stereocenters. The monoisotopic (exact) mass is 250 g/mol. The van der Waals surface area contributed by atoms with Crippen molar-refractivity contribution in [1.82, 2.24) is 0 Å². The first kappa shape index (κ1) is 14.9. The highest BCUT2D eigenvalue weighted by molar-refractivity contribution is 5.49. The normalized spacial score (nSPS) is 10.4. The number of hydrogen-bond donors (Lipinski definition) is 0. The predicted octanol–water partition coefficient (Wildman–Crippen LogP) is 4.66. The molecule has 0 aliphatic heterocycles. The maximum absolute atomic E-state index is 5.89. The van der Waals surface area contributed by atoms with E-state index in [2.05, 4.69) is 33.8 Å². The van der Waals surface area contributed by atoms with Crippen molar-refractivity contribution in [3.63, 3.8) is 0 Å². The van der Waals surface area contributed by atoms with Crippen LogP contribution in [0.5, 0.6) is 11.5 Å². The number of unbranched alkanes of at least 4 members (excludes halogenated alkanes) is 2. The van der Waals surface area contributed by atoms with E-state index < -0.39 is 0 Å². The zero-order valence-electron chi connectivity index (χ0n) is 12.2. The molecule has 0 spiro atoms.